The maximum Gasteiger partial charge on any atom is 0.309 e. The van der Waals surface area contributed by atoms with E-state index in [4.69, 9.17) is 22.1 Å². The van der Waals surface area contributed by atoms with Gasteiger partial charge in [-0.2, -0.15) is 0 Å². The molecule has 1 aromatic rings. The standard InChI is InChI=1S/C14H18ClNO2/c15-13-7-2-1-4-11(13)9-18-14(17)12-6-3-5-10(12)8-16/h1-2,4,7,10,12H,3,5-6,8-9,16H2. The van der Waals surface area contributed by atoms with Crippen molar-refractivity contribution in [2.45, 2.75) is 25.9 Å². The van der Waals surface area contributed by atoms with Gasteiger partial charge in [0.15, 0.2) is 0 Å². The smallest absolute Gasteiger partial charge is 0.309 e. The first-order valence-corrected chi connectivity index (χ1v) is 6.70. The molecule has 1 fully saturated rings. The molecule has 2 N–H and O–H groups in total. The van der Waals surface area contributed by atoms with E-state index < -0.39 is 0 Å². The molecule has 4 heteroatoms. The molecule has 0 heterocycles. The highest BCUT2D eigenvalue weighted by atomic mass is 35.5. The molecule has 2 atom stereocenters. The molecule has 1 aliphatic rings. The van der Waals surface area contributed by atoms with Gasteiger partial charge in [-0.15, -0.1) is 0 Å². The van der Waals surface area contributed by atoms with Crippen LogP contribution in [0.25, 0.3) is 0 Å². The van der Waals surface area contributed by atoms with E-state index in [-0.39, 0.29) is 24.4 Å². The molecule has 0 aliphatic heterocycles. The van der Waals surface area contributed by atoms with Gasteiger partial charge in [-0.1, -0.05) is 36.2 Å². The molecule has 0 aromatic heterocycles. The van der Waals surface area contributed by atoms with Crippen LogP contribution >= 0.6 is 11.6 Å². The Morgan fingerprint density at radius 1 is 1.39 bits per heavy atom. The molecule has 18 heavy (non-hydrogen) atoms. The lowest BCUT2D eigenvalue weighted by Gasteiger charge is -2.16. The van der Waals surface area contributed by atoms with Crippen LogP contribution in [-0.2, 0) is 16.1 Å². The van der Waals surface area contributed by atoms with Gasteiger partial charge in [0, 0.05) is 10.6 Å². The van der Waals surface area contributed by atoms with Gasteiger partial charge in [-0.05, 0) is 31.4 Å². The van der Waals surface area contributed by atoms with Crippen LogP contribution in [0.15, 0.2) is 24.3 Å². The number of hydrogen-bond acceptors (Lipinski definition) is 3. The number of benzene rings is 1. The Morgan fingerprint density at radius 3 is 2.89 bits per heavy atom. The van der Waals surface area contributed by atoms with Crippen LogP contribution in [0.2, 0.25) is 5.02 Å². The molecule has 1 saturated carbocycles. The number of nitrogens with two attached hydrogens (primary N) is 1. The normalized spacial score (nSPS) is 23.0. The van der Waals surface area contributed by atoms with E-state index in [2.05, 4.69) is 0 Å². The van der Waals surface area contributed by atoms with Gasteiger partial charge >= 0.3 is 5.97 Å². The van der Waals surface area contributed by atoms with Crippen molar-refractivity contribution in [3.63, 3.8) is 0 Å². The van der Waals surface area contributed by atoms with Crippen LogP contribution in [0.3, 0.4) is 0 Å². The average Bonchev–Trinajstić information content (AvgIpc) is 2.86. The van der Waals surface area contributed by atoms with Crippen molar-refractivity contribution in [2.24, 2.45) is 17.6 Å². The van der Waals surface area contributed by atoms with E-state index in [1.165, 1.54) is 0 Å². The minimum Gasteiger partial charge on any atom is -0.461 e. The van der Waals surface area contributed by atoms with E-state index in [0.717, 1.165) is 24.8 Å². The lowest BCUT2D eigenvalue weighted by molar-refractivity contribution is -0.151. The fourth-order valence-corrected chi connectivity index (χ4v) is 2.69. The van der Waals surface area contributed by atoms with Gasteiger partial charge < -0.3 is 10.5 Å². The highest BCUT2D eigenvalue weighted by Crippen LogP contribution is 2.32. The maximum atomic E-state index is 12.0. The molecule has 0 spiro atoms. The number of esters is 1. The van der Waals surface area contributed by atoms with Gasteiger partial charge in [0.2, 0.25) is 0 Å². The molecule has 0 bridgehead atoms. The van der Waals surface area contributed by atoms with Gasteiger partial charge in [0.1, 0.15) is 6.61 Å². The number of ether oxygens (including phenoxy) is 1. The number of hydrogen-bond donors (Lipinski definition) is 1. The molecule has 0 radical (unpaired) electrons. The number of carbonyl (C=O) groups is 1. The van der Waals surface area contributed by atoms with Gasteiger partial charge in [-0.3, -0.25) is 4.79 Å². The summed E-state index contributed by atoms with van der Waals surface area (Å²) in [5.41, 5.74) is 6.51. The molecular formula is C14H18ClNO2. The Bertz CT molecular complexity index is 422. The summed E-state index contributed by atoms with van der Waals surface area (Å²) in [5.74, 6) is 0.115. The van der Waals surface area contributed by atoms with Crippen molar-refractivity contribution < 1.29 is 9.53 Å². The third-order valence-electron chi connectivity index (χ3n) is 3.59. The Balaban J connectivity index is 1.90. The summed E-state index contributed by atoms with van der Waals surface area (Å²) >= 11 is 6.01. The van der Waals surface area contributed by atoms with Crippen LogP contribution in [0.1, 0.15) is 24.8 Å². The van der Waals surface area contributed by atoms with E-state index in [1.807, 2.05) is 18.2 Å². The van der Waals surface area contributed by atoms with Crippen molar-refractivity contribution in [2.75, 3.05) is 6.54 Å². The Morgan fingerprint density at radius 2 is 2.17 bits per heavy atom. The van der Waals surface area contributed by atoms with Crippen LogP contribution in [0.4, 0.5) is 0 Å². The predicted octanol–water partition coefficient (Wildman–Crippen LogP) is 2.76. The number of carbonyl (C=O) groups excluding carboxylic acids is 1. The van der Waals surface area contributed by atoms with Crippen LogP contribution in [-0.4, -0.2) is 12.5 Å². The average molecular weight is 268 g/mol. The molecule has 3 nitrogen and oxygen atoms in total. The fourth-order valence-electron chi connectivity index (χ4n) is 2.50. The zero-order chi connectivity index (χ0) is 13.0. The van der Waals surface area contributed by atoms with Crippen molar-refractivity contribution in [3.8, 4) is 0 Å². The summed E-state index contributed by atoms with van der Waals surface area (Å²) in [5, 5.41) is 0.632. The van der Waals surface area contributed by atoms with E-state index in [1.54, 1.807) is 6.07 Å². The molecule has 0 amide bonds. The Labute approximate surface area is 112 Å². The minimum atomic E-state index is -0.136. The van der Waals surface area contributed by atoms with E-state index in [0.29, 0.717) is 11.6 Å². The zero-order valence-electron chi connectivity index (χ0n) is 10.3. The first-order valence-electron chi connectivity index (χ1n) is 6.32. The minimum absolute atomic E-state index is 0.0301. The number of halogens is 1. The second kappa shape index (κ2) is 6.21. The Hall–Kier alpha value is -1.06. The summed E-state index contributed by atoms with van der Waals surface area (Å²) in [6.45, 7) is 0.804. The quantitative estimate of drug-likeness (QED) is 0.854. The van der Waals surface area contributed by atoms with E-state index in [9.17, 15) is 4.79 Å². The van der Waals surface area contributed by atoms with Crippen molar-refractivity contribution >= 4 is 17.6 Å². The summed E-state index contributed by atoms with van der Waals surface area (Å²) in [6, 6.07) is 7.40. The van der Waals surface area contributed by atoms with Gasteiger partial charge in [0.25, 0.3) is 0 Å². The summed E-state index contributed by atoms with van der Waals surface area (Å²) in [4.78, 5) is 12.0. The monoisotopic (exact) mass is 267 g/mol. The molecular weight excluding hydrogens is 250 g/mol. The van der Waals surface area contributed by atoms with E-state index >= 15 is 0 Å². The molecule has 1 aromatic carbocycles. The lowest BCUT2D eigenvalue weighted by Crippen LogP contribution is -2.26. The van der Waals surface area contributed by atoms with Crippen LogP contribution in [0.5, 0.6) is 0 Å². The van der Waals surface area contributed by atoms with Crippen molar-refractivity contribution in [3.05, 3.63) is 34.9 Å². The zero-order valence-corrected chi connectivity index (χ0v) is 11.0. The summed E-state index contributed by atoms with van der Waals surface area (Å²) in [6.07, 6.45) is 2.99. The largest absolute Gasteiger partial charge is 0.461 e. The predicted molar refractivity (Wildman–Crippen MR) is 71.1 cm³/mol. The summed E-state index contributed by atoms with van der Waals surface area (Å²) in [7, 11) is 0. The SMILES string of the molecule is NCC1CCCC1C(=O)OCc1ccccc1Cl. The highest BCUT2D eigenvalue weighted by Gasteiger charge is 2.33. The van der Waals surface area contributed by atoms with Crippen LogP contribution < -0.4 is 5.73 Å². The van der Waals surface area contributed by atoms with Gasteiger partial charge in [0.05, 0.1) is 5.92 Å². The van der Waals surface area contributed by atoms with Crippen LogP contribution in [0, 0.1) is 11.8 Å². The third kappa shape index (κ3) is 3.03. The first kappa shape index (κ1) is 13.4. The second-order valence-corrected chi connectivity index (χ2v) is 5.14. The molecule has 2 rings (SSSR count). The third-order valence-corrected chi connectivity index (χ3v) is 3.96. The van der Waals surface area contributed by atoms with Gasteiger partial charge in [-0.25, -0.2) is 0 Å². The highest BCUT2D eigenvalue weighted by molar-refractivity contribution is 6.31. The molecule has 0 saturated heterocycles. The molecule has 1 aliphatic carbocycles. The van der Waals surface area contributed by atoms with Crippen molar-refractivity contribution in [1.29, 1.82) is 0 Å². The maximum absolute atomic E-state index is 12.0. The summed E-state index contributed by atoms with van der Waals surface area (Å²) < 4.78 is 5.35. The Kier molecular flexibility index (Phi) is 4.61. The second-order valence-electron chi connectivity index (χ2n) is 4.73. The number of rotatable bonds is 4. The molecule has 2 unspecified atom stereocenters. The van der Waals surface area contributed by atoms with Crippen molar-refractivity contribution in [1.82, 2.24) is 0 Å². The topological polar surface area (TPSA) is 52.3 Å². The first-order chi connectivity index (χ1) is 8.72. The fraction of sp³-hybridized carbons (Fsp3) is 0.500. The lowest BCUT2D eigenvalue weighted by atomic mass is 9.96. The molecule has 98 valence electrons.